The molecule has 102 valence electrons. The number of aromatic hydroxyl groups is 1. The van der Waals surface area contributed by atoms with Crippen molar-refractivity contribution in [2.75, 3.05) is 5.75 Å². The van der Waals surface area contributed by atoms with Crippen molar-refractivity contribution in [3.63, 3.8) is 0 Å². The van der Waals surface area contributed by atoms with Crippen LogP contribution in [0.2, 0.25) is 0 Å². The number of hydrogen-bond acceptors (Lipinski definition) is 5. The third-order valence-corrected chi connectivity index (χ3v) is 3.21. The second-order valence-electron chi connectivity index (χ2n) is 3.84. The number of phenols is 1. The molecule has 0 bridgehead atoms. The second-order valence-corrected chi connectivity index (χ2v) is 4.84. The topological polar surface area (TPSA) is 74.6 Å². The Bertz CT molecular complexity index is 602. The number of nitrogens with one attached hydrogen (secondary N) is 1. The zero-order valence-corrected chi connectivity index (χ0v) is 11.4. The van der Waals surface area contributed by atoms with Crippen LogP contribution in [0.4, 0.5) is 0 Å². The minimum absolute atomic E-state index is 0.158. The Balaban J connectivity index is 1.78. The van der Waals surface area contributed by atoms with E-state index in [4.69, 9.17) is 0 Å². The molecule has 1 heterocycles. The number of benzene rings is 1. The van der Waals surface area contributed by atoms with Crippen LogP contribution in [0.25, 0.3) is 0 Å². The molecule has 0 aliphatic rings. The summed E-state index contributed by atoms with van der Waals surface area (Å²) in [6.45, 7) is 0. The van der Waals surface area contributed by atoms with E-state index in [9.17, 15) is 9.90 Å². The fourth-order valence-electron chi connectivity index (χ4n) is 1.39. The van der Waals surface area contributed by atoms with Crippen LogP contribution in [-0.2, 0) is 4.79 Å². The van der Waals surface area contributed by atoms with Gasteiger partial charge in [-0.25, -0.2) is 10.4 Å². The van der Waals surface area contributed by atoms with Crippen LogP contribution in [0, 0.1) is 0 Å². The van der Waals surface area contributed by atoms with Crippen LogP contribution in [0.5, 0.6) is 5.75 Å². The van der Waals surface area contributed by atoms with Gasteiger partial charge in [-0.3, -0.25) is 4.79 Å². The number of amides is 1. The summed E-state index contributed by atoms with van der Waals surface area (Å²) in [5.74, 6) is 0.192. The van der Waals surface area contributed by atoms with Crippen molar-refractivity contribution < 1.29 is 9.90 Å². The van der Waals surface area contributed by atoms with Crippen LogP contribution in [0.1, 0.15) is 5.56 Å². The van der Waals surface area contributed by atoms with Crippen LogP contribution >= 0.6 is 11.8 Å². The molecule has 1 aromatic carbocycles. The zero-order valence-electron chi connectivity index (χ0n) is 10.6. The van der Waals surface area contributed by atoms with Gasteiger partial charge in [0.15, 0.2) is 0 Å². The van der Waals surface area contributed by atoms with Gasteiger partial charge in [-0.15, -0.1) is 0 Å². The summed E-state index contributed by atoms with van der Waals surface area (Å²) >= 11 is 1.34. The highest BCUT2D eigenvalue weighted by Gasteiger charge is 2.01. The van der Waals surface area contributed by atoms with Gasteiger partial charge in [-0.1, -0.05) is 30.0 Å². The maximum Gasteiger partial charge on any atom is 0.250 e. The normalized spacial score (nSPS) is 10.6. The number of aromatic nitrogens is 1. The van der Waals surface area contributed by atoms with E-state index in [2.05, 4.69) is 15.5 Å². The number of carbonyl (C=O) groups excluding carboxylic acids is 1. The molecule has 0 fully saturated rings. The van der Waals surface area contributed by atoms with Crippen molar-refractivity contribution in [1.82, 2.24) is 10.4 Å². The molecule has 0 aliphatic heterocycles. The van der Waals surface area contributed by atoms with Gasteiger partial charge in [0.1, 0.15) is 5.75 Å². The molecule has 2 aromatic rings. The van der Waals surface area contributed by atoms with E-state index in [-0.39, 0.29) is 17.4 Å². The van der Waals surface area contributed by atoms with Crippen LogP contribution in [-0.4, -0.2) is 28.0 Å². The molecule has 0 spiro atoms. The first-order valence-corrected chi connectivity index (χ1v) is 6.87. The molecule has 0 saturated carbocycles. The molecule has 1 aromatic heterocycles. The number of nitrogens with zero attached hydrogens (tertiary/aromatic N) is 2. The highest BCUT2D eigenvalue weighted by molar-refractivity contribution is 7.99. The average Bonchev–Trinajstić information content (AvgIpc) is 2.46. The monoisotopic (exact) mass is 287 g/mol. The summed E-state index contributed by atoms with van der Waals surface area (Å²) in [7, 11) is 0. The number of carbonyl (C=O) groups is 1. The fraction of sp³-hybridized carbons (Fsp3) is 0.0714. The van der Waals surface area contributed by atoms with Gasteiger partial charge in [0, 0.05) is 6.20 Å². The lowest BCUT2D eigenvalue weighted by molar-refractivity contribution is -0.118. The number of rotatable bonds is 5. The summed E-state index contributed by atoms with van der Waals surface area (Å²) in [4.78, 5) is 15.7. The van der Waals surface area contributed by atoms with Gasteiger partial charge in [0.05, 0.1) is 17.0 Å². The average molecular weight is 287 g/mol. The van der Waals surface area contributed by atoms with Crippen molar-refractivity contribution in [2.45, 2.75) is 5.03 Å². The minimum Gasteiger partial charge on any atom is -0.508 e. The van der Waals surface area contributed by atoms with Gasteiger partial charge < -0.3 is 5.11 Å². The Kier molecular flexibility index (Phi) is 5.14. The molecule has 0 radical (unpaired) electrons. The van der Waals surface area contributed by atoms with E-state index in [1.54, 1.807) is 30.5 Å². The largest absolute Gasteiger partial charge is 0.508 e. The van der Waals surface area contributed by atoms with Crippen LogP contribution < -0.4 is 5.43 Å². The van der Waals surface area contributed by atoms with E-state index < -0.39 is 0 Å². The summed E-state index contributed by atoms with van der Waals surface area (Å²) in [5, 5.41) is 13.9. The van der Waals surface area contributed by atoms with Gasteiger partial charge >= 0.3 is 0 Å². The molecular weight excluding hydrogens is 274 g/mol. The third-order valence-electron chi connectivity index (χ3n) is 2.26. The van der Waals surface area contributed by atoms with Crippen molar-refractivity contribution in [3.05, 3.63) is 54.2 Å². The lowest BCUT2D eigenvalue weighted by Crippen LogP contribution is -2.19. The smallest absolute Gasteiger partial charge is 0.250 e. The highest BCUT2D eigenvalue weighted by atomic mass is 32.2. The zero-order chi connectivity index (χ0) is 14.2. The van der Waals surface area contributed by atoms with E-state index in [1.165, 1.54) is 18.0 Å². The highest BCUT2D eigenvalue weighted by Crippen LogP contribution is 2.13. The first-order valence-electron chi connectivity index (χ1n) is 5.89. The summed E-state index contributed by atoms with van der Waals surface area (Å²) in [6.07, 6.45) is 3.16. The van der Waals surface area contributed by atoms with Crippen molar-refractivity contribution in [2.24, 2.45) is 5.10 Å². The van der Waals surface area contributed by atoms with E-state index >= 15 is 0 Å². The first kappa shape index (κ1) is 14.1. The summed E-state index contributed by atoms with van der Waals surface area (Å²) in [6, 6.07) is 12.1. The van der Waals surface area contributed by atoms with Crippen molar-refractivity contribution in [1.29, 1.82) is 0 Å². The van der Waals surface area contributed by atoms with Crippen LogP contribution in [0.3, 0.4) is 0 Å². The Morgan fingerprint density at radius 2 is 2.25 bits per heavy atom. The number of thioether (sulfide) groups is 1. The number of hydrazone groups is 1. The quantitative estimate of drug-likeness (QED) is 0.501. The van der Waals surface area contributed by atoms with E-state index in [1.807, 2.05) is 18.2 Å². The van der Waals surface area contributed by atoms with Crippen molar-refractivity contribution in [3.8, 4) is 5.75 Å². The Labute approximate surface area is 120 Å². The first-order chi connectivity index (χ1) is 9.74. The van der Waals surface area contributed by atoms with Gasteiger partial charge in [-0.2, -0.15) is 5.10 Å². The standard InChI is InChI=1S/C14H13N3O2S/c18-12-5-3-4-11(8-12)9-16-17-13(19)10-20-14-6-1-2-7-15-14/h1-9,18H,10H2,(H,17,19)/b16-9+. The van der Waals surface area contributed by atoms with Gasteiger partial charge in [-0.05, 0) is 29.8 Å². The molecule has 0 atom stereocenters. The lowest BCUT2D eigenvalue weighted by atomic mass is 10.2. The fourth-order valence-corrected chi connectivity index (χ4v) is 2.04. The molecule has 2 rings (SSSR count). The molecule has 20 heavy (non-hydrogen) atoms. The van der Waals surface area contributed by atoms with E-state index in [0.717, 1.165) is 5.03 Å². The lowest BCUT2D eigenvalue weighted by Gasteiger charge is -1.99. The van der Waals surface area contributed by atoms with Gasteiger partial charge in [0.2, 0.25) is 5.91 Å². The second kappa shape index (κ2) is 7.30. The predicted molar refractivity (Wildman–Crippen MR) is 78.8 cm³/mol. The van der Waals surface area contributed by atoms with E-state index in [0.29, 0.717) is 5.56 Å². The molecule has 1 amide bonds. The summed E-state index contributed by atoms with van der Waals surface area (Å²) in [5.41, 5.74) is 3.13. The number of phenolic OH excluding ortho intramolecular Hbond substituents is 1. The summed E-state index contributed by atoms with van der Waals surface area (Å²) < 4.78 is 0. The minimum atomic E-state index is -0.211. The molecule has 0 aliphatic carbocycles. The predicted octanol–water partition coefficient (Wildman–Crippen LogP) is 2.03. The third kappa shape index (κ3) is 4.74. The van der Waals surface area contributed by atoms with Crippen molar-refractivity contribution >= 4 is 23.9 Å². The Hall–Kier alpha value is -2.34. The maximum absolute atomic E-state index is 11.6. The van der Waals surface area contributed by atoms with Gasteiger partial charge in [0.25, 0.3) is 0 Å². The molecular formula is C14H13N3O2S. The van der Waals surface area contributed by atoms with Crippen LogP contribution in [0.15, 0.2) is 58.8 Å². The molecule has 5 nitrogen and oxygen atoms in total. The number of pyridine rings is 1. The maximum atomic E-state index is 11.6. The Morgan fingerprint density at radius 1 is 1.35 bits per heavy atom. The molecule has 6 heteroatoms. The Morgan fingerprint density at radius 3 is 3.00 bits per heavy atom. The molecule has 2 N–H and O–H groups in total. The number of hydrogen-bond donors (Lipinski definition) is 2. The SMILES string of the molecule is O=C(CSc1ccccn1)N/N=C/c1cccc(O)c1. The molecule has 0 saturated heterocycles. The molecule has 0 unspecified atom stereocenters.